The van der Waals surface area contributed by atoms with Gasteiger partial charge >= 0.3 is 0 Å². The lowest BCUT2D eigenvalue weighted by molar-refractivity contribution is -0.126. The highest BCUT2D eigenvalue weighted by Gasteiger charge is 2.41. The number of rotatable bonds is 5. The van der Waals surface area contributed by atoms with Crippen LogP contribution in [0.4, 0.5) is 0 Å². The van der Waals surface area contributed by atoms with Crippen molar-refractivity contribution in [2.24, 2.45) is 0 Å². The van der Waals surface area contributed by atoms with E-state index in [4.69, 9.17) is 0 Å². The van der Waals surface area contributed by atoms with Crippen LogP contribution in [0, 0.1) is 0 Å². The Morgan fingerprint density at radius 3 is 2.79 bits per heavy atom. The minimum absolute atomic E-state index is 0.00547. The Hall–Kier alpha value is -1.95. The number of likely N-dealkylation sites (N-methyl/N-ethyl adjacent to an activating group) is 1. The number of pyridine rings is 1. The van der Waals surface area contributed by atoms with Gasteiger partial charge in [0, 0.05) is 37.6 Å². The molecule has 6 nitrogen and oxygen atoms in total. The fraction of sp³-hybridized carbons (Fsp3) is 0.611. The van der Waals surface area contributed by atoms with Gasteiger partial charge in [-0.15, -0.1) is 0 Å². The first kappa shape index (κ1) is 16.9. The van der Waals surface area contributed by atoms with E-state index in [1.165, 1.54) is 12.8 Å². The van der Waals surface area contributed by atoms with E-state index >= 15 is 0 Å². The standard InChI is InChI=1S/C18H26N4O2/c1-2-20-18(24)16-10-14(12-22(16)15-7-3-4-8-15)21-17(23)13-6-5-9-19-11-13/h5-6,9,11,14-16H,2-4,7-8,10,12H2,1H3,(H,20,24)(H,21,23). The minimum Gasteiger partial charge on any atom is -0.355 e. The first-order valence-corrected chi connectivity index (χ1v) is 8.93. The van der Waals surface area contributed by atoms with E-state index in [0.717, 1.165) is 19.4 Å². The Morgan fingerprint density at radius 1 is 1.33 bits per heavy atom. The molecule has 0 aromatic carbocycles. The summed E-state index contributed by atoms with van der Waals surface area (Å²) >= 11 is 0. The van der Waals surface area contributed by atoms with E-state index in [1.807, 2.05) is 6.92 Å². The molecule has 0 bridgehead atoms. The van der Waals surface area contributed by atoms with Gasteiger partial charge in [-0.2, -0.15) is 0 Å². The van der Waals surface area contributed by atoms with E-state index in [-0.39, 0.29) is 23.9 Å². The summed E-state index contributed by atoms with van der Waals surface area (Å²) in [6, 6.07) is 3.86. The molecule has 0 radical (unpaired) electrons. The van der Waals surface area contributed by atoms with Crippen LogP contribution in [-0.2, 0) is 4.79 Å². The van der Waals surface area contributed by atoms with Gasteiger partial charge in [-0.25, -0.2) is 0 Å². The molecule has 1 saturated carbocycles. The Balaban J connectivity index is 1.67. The number of nitrogens with one attached hydrogen (secondary N) is 2. The van der Waals surface area contributed by atoms with Gasteiger partial charge in [0.05, 0.1) is 11.6 Å². The van der Waals surface area contributed by atoms with Crippen LogP contribution in [0.25, 0.3) is 0 Å². The number of hydrogen-bond acceptors (Lipinski definition) is 4. The van der Waals surface area contributed by atoms with E-state index in [2.05, 4.69) is 20.5 Å². The molecular weight excluding hydrogens is 304 g/mol. The molecule has 2 N–H and O–H groups in total. The van der Waals surface area contributed by atoms with Gasteiger partial charge in [0.25, 0.3) is 5.91 Å². The quantitative estimate of drug-likeness (QED) is 0.854. The number of nitrogens with zero attached hydrogens (tertiary/aromatic N) is 2. The van der Waals surface area contributed by atoms with Crippen molar-refractivity contribution in [2.75, 3.05) is 13.1 Å². The maximum absolute atomic E-state index is 12.4. The van der Waals surface area contributed by atoms with Crippen molar-refractivity contribution in [3.05, 3.63) is 30.1 Å². The normalized spacial score (nSPS) is 24.9. The number of hydrogen-bond donors (Lipinski definition) is 2. The monoisotopic (exact) mass is 330 g/mol. The van der Waals surface area contributed by atoms with Crippen molar-refractivity contribution in [3.63, 3.8) is 0 Å². The highest BCUT2D eigenvalue weighted by Crippen LogP contribution is 2.30. The van der Waals surface area contributed by atoms with Crippen LogP contribution in [0.3, 0.4) is 0 Å². The summed E-state index contributed by atoms with van der Waals surface area (Å²) in [5.74, 6) is -0.0291. The van der Waals surface area contributed by atoms with Gasteiger partial charge in [0.2, 0.25) is 5.91 Å². The second kappa shape index (κ2) is 7.75. The van der Waals surface area contributed by atoms with E-state index < -0.39 is 0 Å². The molecule has 2 atom stereocenters. The fourth-order valence-corrected chi connectivity index (χ4v) is 3.92. The summed E-state index contributed by atoms with van der Waals surface area (Å²) in [7, 11) is 0. The van der Waals surface area contributed by atoms with Crippen LogP contribution in [0.1, 0.15) is 49.4 Å². The topological polar surface area (TPSA) is 74.3 Å². The van der Waals surface area contributed by atoms with Crippen LogP contribution in [0.15, 0.2) is 24.5 Å². The van der Waals surface area contributed by atoms with Gasteiger partial charge in [-0.3, -0.25) is 19.5 Å². The lowest BCUT2D eigenvalue weighted by Crippen LogP contribution is -2.47. The summed E-state index contributed by atoms with van der Waals surface area (Å²) in [6.07, 6.45) is 8.66. The van der Waals surface area contributed by atoms with Crippen LogP contribution in [-0.4, -0.2) is 52.9 Å². The minimum atomic E-state index is -0.132. The molecular formula is C18H26N4O2. The third-order valence-electron chi connectivity index (χ3n) is 5.05. The molecule has 2 fully saturated rings. The molecule has 2 aliphatic rings. The van der Waals surface area contributed by atoms with Crippen molar-refractivity contribution in [3.8, 4) is 0 Å². The van der Waals surface area contributed by atoms with Crippen molar-refractivity contribution in [1.29, 1.82) is 0 Å². The molecule has 130 valence electrons. The highest BCUT2D eigenvalue weighted by atomic mass is 16.2. The van der Waals surface area contributed by atoms with E-state index in [9.17, 15) is 9.59 Å². The average Bonchev–Trinajstić information content (AvgIpc) is 3.25. The number of aromatic nitrogens is 1. The smallest absolute Gasteiger partial charge is 0.253 e. The summed E-state index contributed by atoms with van der Waals surface area (Å²) in [5, 5.41) is 6.02. The number of likely N-dealkylation sites (tertiary alicyclic amines) is 1. The predicted octanol–water partition coefficient (Wildman–Crippen LogP) is 1.33. The van der Waals surface area contributed by atoms with E-state index in [1.54, 1.807) is 24.5 Å². The molecule has 3 rings (SSSR count). The largest absolute Gasteiger partial charge is 0.355 e. The van der Waals surface area contributed by atoms with Crippen LogP contribution in [0.2, 0.25) is 0 Å². The Bertz CT molecular complexity index is 572. The van der Waals surface area contributed by atoms with Crippen LogP contribution < -0.4 is 10.6 Å². The summed E-state index contributed by atoms with van der Waals surface area (Å²) in [6.45, 7) is 3.33. The van der Waals surface area contributed by atoms with Crippen molar-refractivity contribution in [2.45, 2.75) is 57.2 Å². The molecule has 1 aromatic rings. The van der Waals surface area contributed by atoms with Crippen LogP contribution >= 0.6 is 0 Å². The number of carbonyl (C=O) groups excluding carboxylic acids is 2. The molecule has 0 spiro atoms. The molecule has 2 heterocycles. The molecule has 1 saturated heterocycles. The summed E-state index contributed by atoms with van der Waals surface area (Å²) in [4.78, 5) is 31.1. The van der Waals surface area contributed by atoms with Gasteiger partial charge < -0.3 is 10.6 Å². The third-order valence-corrected chi connectivity index (χ3v) is 5.05. The zero-order valence-electron chi connectivity index (χ0n) is 14.2. The Labute approximate surface area is 143 Å². The fourth-order valence-electron chi connectivity index (χ4n) is 3.92. The van der Waals surface area contributed by atoms with Crippen molar-refractivity contribution in [1.82, 2.24) is 20.5 Å². The summed E-state index contributed by atoms with van der Waals surface area (Å²) in [5.41, 5.74) is 0.561. The molecule has 1 aliphatic carbocycles. The lowest BCUT2D eigenvalue weighted by atomic mass is 10.1. The maximum Gasteiger partial charge on any atom is 0.253 e. The summed E-state index contributed by atoms with van der Waals surface area (Å²) < 4.78 is 0. The molecule has 1 aromatic heterocycles. The van der Waals surface area contributed by atoms with E-state index in [0.29, 0.717) is 24.6 Å². The van der Waals surface area contributed by atoms with Gasteiger partial charge in [0.1, 0.15) is 0 Å². The van der Waals surface area contributed by atoms with Crippen molar-refractivity contribution < 1.29 is 9.59 Å². The predicted molar refractivity (Wildman–Crippen MR) is 91.5 cm³/mol. The lowest BCUT2D eigenvalue weighted by Gasteiger charge is -2.29. The Morgan fingerprint density at radius 2 is 2.12 bits per heavy atom. The molecule has 2 unspecified atom stereocenters. The maximum atomic E-state index is 12.4. The first-order chi connectivity index (χ1) is 11.7. The van der Waals surface area contributed by atoms with Gasteiger partial charge in [-0.1, -0.05) is 12.8 Å². The number of carbonyl (C=O) groups is 2. The second-order valence-electron chi connectivity index (χ2n) is 6.69. The molecule has 6 heteroatoms. The highest BCUT2D eigenvalue weighted by molar-refractivity contribution is 5.94. The SMILES string of the molecule is CCNC(=O)C1CC(NC(=O)c2cccnc2)CN1C1CCCC1. The molecule has 24 heavy (non-hydrogen) atoms. The zero-order valence-corrected chi connectivity index (χ0v) is 14.2. The van der Waals surface area contributed by atoms with Crippen molar-refractivity contribution >= 4 is 11.8 Å². The van der Waals surface area contributed by atoms with Gasteiger partial charge in [-0.05, 0) is 38.3 Å². The zero-order chi connectivity index (χ0) is 16.9. The first-order valence-electron chi connectivity index (χ1n) is 8.93. The third kappa shape index (κ3) is 3.75. The average molecular weight is 330 g/mol. The van der Waals surface area contributed by atoms with Gasteiger partial charge in [0.15, 0.2) is 0 Å². The second-order valence-corrected chi connectivity index (χ2v) is 6.69. The molecule has 1 aliphatic heterocycles. The van der Waals surface area contributed by atoms with Crippen LogP contribution in [0.5, 0.6) is 0 Å². The molecule has 2 amide bonds. The number of amides is 2. The Kier molecular flexibility index (Phi) is 5.45.